The molecule has 3 aromatic rings. The van der Waals surface area contributed by atoms with Crippen molar-refractivity contribution in [3.05, 3.63) is 65.2 Å². The Morgan fingerprint density at radius 2 is 1.97 bits per heavy atom. The maximum Gasteiger partial charge on any atom is 0.339 e. The fraction of sp³-hybridized carbons (Fsp3) is 0.304. The SMILES string of the molecule is CCN1CCCC(OC(=O)c2cc(-c3ccccc3Cl)nc3ccccc23)C1.[Cl-]. The number of likely N-dealkylation sites (N-methyl/N-ethyl adjacent to an activating group) is 1. The van der Waals surface area contributed by atoms with Gasteiger partial charge >= 0.3 is 5.97 Å². The third-order valence-electron chi connectivity index (χ3n) is 5.27. The van der Waals surface area contributed by atoms with Crippen LogP contribution >= 0.6 is 11.6 Å². The van der Waals surface area contributed by atoms with Gasteiger partial charge in [-0.1, -0.05) is 54.9 Å². The number of ether oxygens (including phenoxy) is 1. The van der Waals surface area contributed by atoms with Gasteiger partial charge in [0.05, 0.1) is 16.8 Å². The maximum atomic E-state index is 13.1. The number of hydrogen-bond acceptors (Lipinski definition) is 4. The van der Waals surface area contributed by atoms with Crippen LogP contribution in [0.1, 0.15) is 30.1 Å². The van der Waals surface area contributed by atoms with Crippen molar-refractivity contribution >= 4 is 28.5 Å². The molecule has 1 saturated heterocycles. The predicted octanol–water partition coefficient (Wildman–Crippen LogP) is 2.20. The van der Waals surface area contributed by atoms with Crippen molar-refractivity contribution in [3.8, 4) is 11.3 Å². The van der Waals surface area contributed by atoms with Crippen LogP contribution in [0.3, 0.4) is 0 Å². The van der Waals surface area contributed by atoms with Gasteiger partial charge in [-0.05, 0) is 44.1 Å². The summed E-state index contributed by atoms with van der Waals surface area (Å²) in [6, 6.07) is 17.0. The van der Waals surface area contributed by atoms with E-state index in [0.29, 0.717) is 16.3 Å². The lowest BCUT2D eigenvalue weighted by Gasteiger charge is -2.31. The number of likely N-dealkylation sites (tertiary alicyclic amines) is 1. The summed E-state index contributed by atoms with van der Waals surface area (Å²) in [6.07, 6.45) is 1.88. The van der Waals surface area contributed by atoms with E-state index >= 15 is 0 Å². The number of hydrogen-bond donors (Lipinski definition) is 0. The number of pyridine rings is 1. The van der Waals surface area contributed by atoms with E-state index in [4.69, 9.17) is 21.3 Å². The molecule has 1 aromatic heterocycles. The summed E-state index contributed by atoms with van der Waals surface area (Å²) in [6.45, 7) is 4.97. The van der Waals surface area contributed by atoms with Gasteiger partial charge in [-0.15, -0.1) is 0 Å². The molecule has 6 heteroatoms. The quantitative estimate of drug-likeness (QED) is 0.596. The molecule has 0 aliphatic carbocycles. The van der Waals surface area contributed by atoms with Crippen LogP contribution < -0.4 is 12.4 Å². The zero-order chi connectivity index (χ0) is 19.5. The van der Waals surface area contributed by atoms with Gasteiger partial charge in [0.15, 0.2) is 0 Å². The highest BCUT2D eigenvalue weighted by atomic mass is 35.5. The molecule has 0 bridgehead atoms. The molecule has 29 heavy (non-hydrogen) atoms. The monoisotopic (exact) mass is 429 g/mol. The molecule has 2 aromatic carbocycles. The molecule has 1 unspecified atom stereocenters. The molecule has 0 N–H and O–H groups in total. The van der Waals surface area contributed by atoms with Crippen molar-refractivity contribution in [3.63, 3.8) is 0 Å². The van der Waals surface area contributed by atoms with E-state index < -0.39 is 0 Å². The Kier molecular flexibility index (Phi) is 7.12. The van der Waals surface area contributed by atoms with E-state index in [1.165, 1.54) is 0 Å². The Morgan fingerprint density at radius 1 is 1.21 bits per heavy atom. The van der Waals surface area contributed by atoms with Gasteiger partial charge in [0, 0.05) is 22.5 Å². The number of aromatic nitrogens is 1. The topological polar surface area (TPSA) is 42.4 Å². The van der Waals surface area contributed by atoms with Crippen molar-refractivity contribution in [2.75, 3.05) is 19.6 Å². The number of carbonyl (C=O) groups excluding carboxylic acids is 1. The van der Waals surface area contributed by atoms with Crippen molar-refractivity contribution in [2.45, 2.75) is 25.9 Å². The number of benzene rings is 2. The lowest BCUT2D eigenvalue weighted by atomic mass is 10.0. The highest BCUT2D eigenvalue weighted by Gasteiger charge is 2.24. The first-order chi connectivity index (χ1) is 13.7. The molecule has 0 saturated carbocycles. The van der Waals surface area contributed by atoms with Gasteiger partial charge in [0.1, 0.15) is 6.10 Å². The zero-order valence-corrected chi connectivity index (χ0v) is 17.8. The van der Waals surface area contributed by atoms with E-state index in [1.807, 2.05) is 48.5 Å². The van der Waals surface area contributed by atoms with Crippen molar-refractivity contribution in [1.29, 1.82) is 0 Å². The number of rotatable bonds is 4. The van der Waals surface area contributed by atoms with Crippen LogP contribution in [0.25, 0.3) is 22.2 Å². The minimum atomic E-state index is -0.296. The third-order valence-corrected chi connectivity index (χ3v) is 5.60. The van der Waals surface area contributed by atoms with Crippen molar-refractivity contribution < 1.29 is 21.9 Å². The minimum absolute atomic E-state index is 0. The fourth-order valence-electron chi connectivity index (χ4n) is 3.76. The van der Waals surface area contributed by atoms with Crippen LogP contribution in [0.5, 0.6) is 0 Å². The Morgan fingerprint density at radius 3 is 2.76 bits per heavy atom. The molecule has 0 spiro atoms. The van der Waals surface area contributed by atoms with E-state index in [0.717, 1.165) is 48.9 Å². The fourth-order valence-corrected chi connectivity index (χ4v) is 4.00. The van der Waals surface area contributed by atoms with Gasteiger partial charge in [0.2, 0.25) is 0 Å². The number of fused-ring (bicyclic) bond motifs is 1. The van der Waals surface area contributed by atoms with Crippen LogP contribution in [0.2, 0.25) is 5.02 Å². The lowest BCUT2D eigenvalue weighted by Crippen LogP contribution is -3.00. The van der Waals surface area contributed by atoms with E-state index in [2.05, 4.69) is 11.8 Å². The summed E-state index contributed by atoms with van der Waals surface area (Å²) >= 11 is 6.37. The molecule has 2 heterocycles. The Hall–Kier alpha value is -2.14. The van der Waals surface area contributed by atoms with Crippen molar-refractivity contribution in [1.82, 2.24) is 9.88 Å². The number of esters is 1. The second-order valence-corrected chi connectivity index (χ2v) is 7.52. The molecule has 1 aliphatic rings. The first-order valence-corrected chi connectivity index (χ1v) is 10.1. The summed E-state index contributed by atoms with van der Waals surface area (Å²) in [7, 11) is 0. The Balaban J connectivity index is 0.00000240. The van der Waals surface area contributed by atoms with E-state index in [1.54, 1.807) is 6.07 Å². The highest BCUT2D eigenvalue weighted by Crippen LogP contribution is 2.30. The molecule has 1 atom stereocenters. The van der Waals surface area contributed by atoms with Crippen LogP contribution in [-0.2, 0) is 4.74 Å². The van der Waals surface area contributed by atoms with E-state index in [-0.39, 0.29) is 24.5 Å². The first-order valence-electron chi connectivity index (χ1n) is 9.73. The molecule has 4 rings (SSSR count). The van der Waals surface area contributed by atoms with Crippen LogP contribution in [0, 0.1) is 0 Å². The second-order valence-electron chi connectivity index (χ2n) is 7.11. The molecule has 0 radical (unpaired) electrons. The molecular weight excluding hydrogens is 407 g/mol. The maximum absolute atomic E-state index is 13.1. The molecular formula is C23H23Cl2N2O2-. The minimum Gasteiger partial charge on any atom is -1.00 e. The smallest absolute Gasteiger partial charge is 0.339 e. The molecule has 1 fully saturated rings. The number of nitrogens with zero attached hydrogens (tertiary/aromatic N) is 2. The number of halogens is 2. The number of piperidine rings is 1. The van der Waals surface area contributed by atoms with Gasteiger partial charge in [0.25, 0.3) is 0 Å². The van der Waals surface area contributed by atoms with E-state index in [9.17, 15) is 4.79 Å². The summed E-state index contributed by atoms with van der Waals surface area (Å²) in [4.78, 5) is 20.1. The van der Waals surface area contributed by atoms with Crippen LogP contribution in [-0.4, -0.2) is 41.6 Å². The van der Waals surface area contributed by atoms with Crippen LogP contribution in [0.4, 0.5) is 0 Å². The average molecular weight is 430 g/mol. The average Bonchev–Trinajstić information content (AvgIpc) is 2.73. The predicted molar refractivity (Wildman–Crippen MR) is 113 cm³/mol. The lowest BCUT2D eigenvalue weighted by molar-refractivity contribution is -0.000103. The second kappa shape index (κ2) is 9.57. The molecule has 152 valence electrons. The van der Waals surface area contributed by atoms with Crippen molar-refractivity contribution in [2.24, 2.45) is 0 Å². The molecule has 1 aliphatic heterocycles. The first kappa shape index (κ1) is 21.6. The zero-order valence-electron chi connectivity index (χ0n) is 16.3. The normalized spacial score (nSPS) is 17.0. The van der Waals surface area contributed by atoms with Crippen LogP contribution in [0.15, 0.2) is 54.6 Å². The number of para-hydroxylation sites is 1. The Labute approximate surface area is 182 Å². The summed E-state index contributed by atoms with van der Waals surface area (Å²) < 4.78 is 5.90. The highest BCUT2D eigenvalue weighted by molar-refractivity contribution is 6.33. The van der Waals surface area contributed by atoms with Gasteiger partial charge in [-0.25, -0.2) is 9.78 Å². The molecule has 0 amide bonds. The Bertz CT molecular complexity index is 1010. The third kappa shape index (κ3) is 4.72. The van der Waals surface area contributed by atoms with Gasteiger partial charge in [-0.2, -0.15) is 0 Å². The largest absolute Gasteiger partial charge is 1.00 e. The molecule has 4 nitrogen and oxygen atoms in total. The van der Waals surface area contributed by atoms with Gasteiger partial charge < -0.3 is 17.1 Å². The summed E-state index contributed by atoms with van der Waals surface area (Å²) in [5.74, 6) is -0.296. The summed E-state index contributed by atoms with van der Waals surface area (Å²) in [5, 5.41) is 1.40. The van der Waals surface area contributed by atoms with Gasteiger partial charge in [-0.3, -0.25) is 4.90 Å². The number of carbonyl (C=O) groups is 1. The summed E-state index contributed by atoms with van der Waals surface area (Å²) in [5.41, 5.74) is 2.77. The standard InChI is InChI=1S/C23H23ClN2O2.ClH/c1-2-26-13-7-8-16(15-26)28-23(27)19-14-22(18-10-3-5-11-20(18)24)25-21-12-6-4-9-17(19)21;/h3-6,9-12,14,16H,2,7-8,13,15H2,1H3;1H/p-1.